The average Bonchev–Trinajstić information content (AvgIpc) is 3.20. The number of aliphatic imine (C=N–C) groups is 1. The highest BCUT2D eigenvalue weighted by molar-refractivity contribution is 7.98. The Kier molecular flexibility index (Phi) is 7.71. The third kappa shape index (κ3) is 5.41. The zero-order valence-electron chi connectivity index (χ0n) is 14.4. The topological polar surface area (TPSA) is 81.1 Å². The summed E-state index contributed by atoms with van der Waals surface area (Å²) in [4.78, 5) is 4.39. The van der Waals surface area contributed by atoms with Gasteiger partial charge >= 0.3 is 0 Å². The van der Waals surface area contributed by atoms with E-state index in [4.69, 9.17) is 5.73 Å². The van der Waals surface area contributed by atoms with Crippen LogP contribution in [-0.4, -0.2) is 40.1 Å². The van der Waals surface area contributed by atoms with Crippen LogP contribution < -0.4 is 11.1 Å². The molecule has 0 aliphatic heterocycles. The average molecular weight is 339 g/mol. The van der Waals surface area contributed by atoms with Crippen LogP contribution in [0.1, 0.15) is 63.7 Å². The molecule has 1 heterocycles. The van der Waals surface area contributed by atoms with Crippen molar-refractivity contribution < 1.29 is 0 Å². The number of aryl methyl sites for hydroxylation is 1. The van der Waals surface area contributed by atoms with Gasteiger partial charge in [-0.1, -0.05) is 37.9 Å². The van der Waals surface area contributed by atoms with E-state index in [-0.39, 0.29) is 0 Å². The maximum atomic E-state index is 5.85. The van der Waals surface area contributed by atoms with E-state index in [0.29, 0.717) is 12.0 Å². The van der Waals surface area contributed by atoms with E-state index < -0.39 is 0 Å². The molecule has 0 unspecified atom stereocenters. The number of unbranched alkanes of at least 4 members (excludes halogenated alkanes) is 1. The van der Waals surface area contributed by atoms with Crippen molar-refractivity contribution in [1.29, 1.82) is 0 Å². The first-order valence-electron chi connectivity index (χ1n) is 8.77. The van der Waals surface area contributed by atoms with E-state index in [9.17, 15) is 0 Å². The van der Waals surface area contributed by atoms with E-state index in [1.165, 1.54) is 25.7 Å². The number of rotatable bonds is 9. The van der Waals surface area contributed by atoms with E-state index >= 15 is 0 Å². The van der Waals surface area contributed by atoms with E-state index in [1.54, 1.807) is 11.8 Å². The first kappa shape index (κ1) is 18.1. The second-order valence-corrected chi connectivity index (χ2v) is 6.84. The lowest BCUT2D eigenvalue weighted by atomic mass is 10.2. The van der Waals surface area contributed by atoms with Gasteiger partial charge in [0.05, 0.1) is 0 Å². The summed E-state index contributed by atoms with van der Waals surface area (Å²) < 4.78 is 2.37. The first-order chi connectivity index (χ1) is 11.3. The minimum Gasteiger partial charge on any atom is -0.370 e. The van der Waals surface area contributed by atoms with Gasteiger partial charge in [-0.05, 0) is 31.9 Å². The summed E-state index contributed by atoms with van der Waals surface area (Å²) in [5, 5.41) is 12.9. The molecule has 0 spiro atoms. The van der Waals surface area contributed by atoms with Gasteiger partial charge in [0, 0.05) is 25.6 Å². The fraction of sp³-hybridized carbons (Fsp3) is 0.812. The van der Waals surface area contributed by atoms with Gasteiger partial charge < -0.3 is 15.6 Å². The zero-order valence-corrected chi connectivity index (χ0v) is 15.2. The van der Waals surface area contributed by atoms with Crippen LogP contribution in [0.5, 0.6) is 0 Å². The van der Waals surface area contributed by atoms with Gasteiger partial charge in [-0.15, -0.1) is 10.2 Å². The lowest BCUT2D eigenvalue weighted by molar-refractivity contribution is 0.461. The smallest absolute Gasteiger partial charge is 0.191 e. The maximum absolute atomic E-state index is 5.85. The Balaban J connectivity index is 1.83. The largest absolute Gasteiger partial charge is 0.370 e. The molecule has 3 N–H and O–H groups in total. The monoisotopic (exact) mass is 338 g/mol. The molecule has 0 amide bonds. The predicted octanol–water partition coefficient (Wildman–Crippen LogP) is 2.75. The van der Waals surface area contributed by atoms with Crippen LogP contribution in [0.2, 0.25) is 0 Å². The summed E-state index contributed by atoms with van der Waals surface area (Å²) >= 11 is 1.69. The van der Waals surface area contributed by atoms with Crippen LogP contribution in [0.15, 0.2) is 10.1 Å². The van der Waals surface area contributed by atoms with Crippen LogP contribution in [0, 0.1) is 0 Å². The van der Waals surface area contributed by atoms with Gasteiger partial charge in [0.15, 0.2) is 11.1 Å². The zero-order chi connectivity index (χ0) is 16.5. The molecule has 7 heteroatoms. The summed E-state index contributed by atoms with van der Waals surface area (Å²) in [6.45, 7) is 3.80. The van der Waals surface area contributed by atoms with Crippen molar-refractivity contribution in [1.82, 2.24) is 20.1 Å². The van der Waals surface area contributed by atoms with Crippen molar-refractivity contribution in [3.05, 3.63) is 5.82 Å². The SMILES string of the molecule is CCCCNC(N)=NCCCc1nnc(SC)n1C1CCCC1. The molecule has 0 radical (unpaired) electrons. The maximum Gasteiger partial charge on any atom is 0.191 e. The molecule has 0 aromatic carbocycles. The molecule has 1 aromatic rings. The molecular formula is C16H30N6S. The fourth-order valence-corrected chi connectivity index (χ4v) is 3.61. The van der Waals surface area contributed by atoms with Crippen LogP contribution in [-0.2, 0) is 6.42 Å². The lowest BCUT2D eigenvalue weighted by Crippen LogP contribution is -2.32. The highest BCUT2D eigenvalue weighted by atomic mass is 32.2. The van der Waals surface area contributed by atoms with Gasteiger partial charge in [-0.3, -0.25) is 4.99 Å². The summed E-state index contributed by atoms with van der Waals surface area (Å²) in [7, 11) is 0. The molecular weight excluding hydrogens is 308 g/mol. The Hall–Kier alpha value is -1.24. The van der Waals surface area contributed by atoms with Gasteiger partial charge in [-0.25, -0.2) is 0 Å². The van der Waals surface area contributed by atoms with Crippen molar-refractivity contribution in [3.63, 3.8) is 0 Å². The van der Waals surface area contributed by atoms with Crippen molar-refractivity contribution in [2.45, 2.75) is 69.5 Å². The first-order valence-corrected chi connectivity index (χ1v) is 10.00. The molecule has 0 atom stereocenters. The van der Waals surface area contributed by atoms with E-state index in [1.807, 2.05) is 0 Å². The second kappa shape index (κ2) is 9.80. The van der Waals surface area contributed by atoms with E-state index in [2.05, 4.69) is 38.3 Å². The second-order valence-electron chi connectivity index (χ2n) is 6.06. The molecule has 130 valence electrons. The van der Waals surface area contributed by atoms with Crippen LogP contribution >= 0.6 is 11.8 Å². The third-order valence-corrected chi connectivity index (χ3v) is 4.93. The van der Waals surface area contributed by atoms with Crippen molar-refractivity contribution in [2.24, 2.45) is 10.7 Å². The van der Waals surface area contributed by atoms with Gasteiger partial charge in [0.2, 0.25) is 0 Å². The highest BCUT2D eigenvalue weighted by Crippen LogP contribution is 2.33. The minimum absolute atomic E-state index is 0.556. The molecule has 0 bridgehead atoms. The number of nitrogens with zero attached hydrogens (tertiary/aromatic N) is 4. The van der Waals surface area contributed by atoms with Gasteiger partial charge in [0.1, 0.15) is 5.82 Å². The molecule has 1 aliphatic carbocycles. The summed E-state index contributed by atoms with van der Waals surface area (Å²) in [6.07, 6.45) is 11.4. The molecule has 6 nitrogen and oxygen atoms in total. The standard InChI is InChI=1S/C16H30N6S/c1-3-4-11-18-15(17)19-12-7-10-14-20-21-16(23-2)22(14)13-8-5-6-9-13/h13H,3-12H2,1-2H3,(H3,17,18,19). The molecule has 1 fully saturated rings. The number of aromatic nitrogens is 3. The number of thioether (sulfide) groups is 1. The third-order valence-electron chi connectivity index (χ3n) is 4.28. The normalized spacial score (nSPS) is 16.2. The Bertz CT molecular complexity index is 493. The number of nitrogens with two attached hydrogens (primary N) is 1. The molecule has 0 saturated heterocycles. The number of guanidine groups is 1. The van der Waals surface area contributed by atoms with Crippen LogP contribution in [0.3, 0.4) is 0 Å². The fourth-order valence-electron chi connectivity index (χ4n) is 3.03. The highest BCUT2D eigenvalue weighted by Gasteiger charge is 2.23. The number of hydrogen-bond donors (Lipinski definition) is 2. The van der Waals surface area contributed by atoms with Crippen molar-refractivity contribution in [3.8, 4) is 0 Å². The van der Waals surface area contributed by atoms with Crippen LogP contribution in [0.25, 0.3) is 0 Å². The number of hydrogen-bond acceptors (Lipinski definition) is 4. The molecule has 1 aliphatic rings. The summed E-state index contributed by atoms with van der Waals surface area (Å²) in [5.74, 6) is 1.66. The van der Waals surface area contributed by atoms with Gasteiger partial charge in [-0.2, -0.15) is 0 Å². The van der Waals surface area contributed by atoms with Crippen molar-refractivity contribution in [2.75, 3.05) is 19.3 Å². The summed E-state index contributed by atoms with van der Waals surface area (Å²) in [6, 6.07) is 0.590. The predicted molar refractivity (Wildman–Crippen MR) is 97.0 cm³/mol. The Morgan fingerprint density at radius 3 is 2.83 bits per heavy atom. The molecule has 23 heavy (non-hydrogen) atoms. The minimum atomic E-state index is 0.556. The van der Waals surface area contributed by atoms with E-state index in [0.717, 1.165) is 49.8 Å². The Labute approximate surface area is 143 Å². The summed E-state index contributed by atoms with van der Waals surface area (Å²) in [5.41, 5.74) is 5.85. The Morgan fingerprint density at radius 1 is 1.35 bits per heavy atom. The molecule has 1 saturated carbocycles. The molecule has 1 aromatic heterocycles. The quantitative estimate of drug-likeness (QED) is 0.313. The van der Waals surface area contributed by atoms with Crippen LogP contribution in [0.4, 0.5) is 0 Å². The van der Waals surface area contributed by atoms with Gasteiger partial charge in [0.25, 0.3) is 0 Å². The molecule has 2 rings (SSSR count). The lowest BCUT2D eigenvalue weighted by Gasteiger charge is -2.16. The Morgan fingerprint density at radius 2 is 2.13 bits per heavy atom. The number of nitrogens with one attached hydrogen (secondary N) is 1. The van der Waals surface area contributed by atoms with Crippen molar-refractivity contribution >= 4 is 17.7 Å².